The number of phenols is 1. The Hall–Kier alpha value is -2.63. The van der Waals surface area contributed by atoms with E-state index in [1.165, 1.54) is 18.5 Å². The van der Waals surface area contributed by atoms with Gasteiger partial charge in [-0.05, 0) is 36.3 Å². The molecular formula is C16H13F3N2O. The fraction of sp³-hybridized carbons (Fsp3) is 0.125. The number of hydrogen-bond acceptors (Lipinski definition) is 3. The van der Waals surface area contributed by atoms with E-state index in [9.17, 15) is 18.3 Å². The summed E-state index contributed by atoms with van der Waals surface area (Å²) in [6, 6.07) is 4.89. The Bertz CT molecular complexity index is 736. The standard InChI is InChI=1S/C16H13F3N2O/c1-3-21-14-6-7-20-9-12(14)10(2)11-4-5-15(22)13(8-11)16(17,18)19/h3-9,22H,2H2,1H3/b21-3-. The monoisotopic (exact) mass is 306 g/mol. The van der Waals surface area contributed by atoms with Gasteiger partial charge in [-0.3, -0.25) is 9.98 Å². The Labute approximate surface area is 125 Å². The van der Waals surface area contributed by atoms with Crippen LogP contribution in [-0.4, -0.2) is 16.3 Å². The molecule has 2 aromatic rings. The average Bonchev–Trinajstić information content (AvgIpc) is 2.47. The maximum Gasteiger partial charge on any atom is 0.419 e. The van der Waals surface area contributed by atoms with E-state index in [4.69, 9.17) is 0 Å². The highest BCUT2D eigenvalue weighted by molar-refractivity contribution is 5.84. The third kappa shape index (κ3) is 3.16. The van der Waals surface area contributed by atoms with Gasteiger partial charge in [0.05, 0.1) is 11.3 Å². The van der Waals surface area contributed by atoms with Crippen molar-refractivity contribution in [1.82, 2.24) is 4.98 Å². The Kier molecular flexibility index (Phi) is 4.30. The van der Waals surface area contributed by atoms with E-state index in [0.29, 0.717) is 16.8 Å². The zero-order valence-electron chi connectivity index (χ0n) is 11.7. The molecule has 0 atom stereocenters. The van der Waals surface area contributed by atoms with Gasteiger partial charge in [-0.25, -0.2) is 0 Å². The van der Waals surface area contributed by atoms with E-state index in [0.717, 1.165) is 12.1 Å². The van der Waals surface area contributed by atoms with Crippen LogP contribution in [0.2, 0.25) is 0 Å². The third-order valence-corrected chi connectivity index (χ3v) is 3.04. The van der Waals surface area contributed by atoms with E-state index in [1.807, 2.05) is 0 Å². The van der Waals surface area contributed by atoms with Gasteiger partial charge in [0.1, 0.15) is 5.75 Å². The number of rotatable bonds is 3. The molecule has 0 spiro atoms. The van der Waals surface area contributed by atoms with E-state index in [1.54, 1.807) is 19.2 Å². The molecule has 0 amide bonds. The van der Waals surface area contributed by atoms with Gasteiger partial charge in [0.15, 0.2) is 0 Å². The number of aromatic nitrogens is 1. The molecule has 0 aliphatic heterocycles. The maximum absolute atomic E-state index is 12.9. The minimum atomic E-state index is -4.64. The number of aromatic hydroxyl groups is 1. The van der Waals surface area contributed by atoms with Crippen LogP contribution in [0, 0.1) is 0 Å². The van der Waals surface area contributed by atoms with E-state index in [-0.39, 0.29) is 5.56 Å². The smallest absolute Gasteiger partial charge is 0.419 e. The molecule has 3 nitrogen and oxygen atoms in total. The van der Waals surface area contributed by atoms with Crippen LogP contribution < -0.4 is 0 Å². The summed E-state index contributed by atoms with van der Waals surface area (Å²) in [5.74, 6) is -0.818. The number of phenolic OH excluding ortho intramolecular Hbond substituents is 1. The van der Waals surface area contributed by atoms with Gasteiger partial charge >= 0.3 is 6.18 Å². The largest absolute Gasteiger partial charge is 0.507 e. The molecule has 0 radical (unpaired) electrons. The minimum absolute atomic E-state index is 0.241. The molecule has 1 N–H and O–H groups in total. The van der Waals surface area contributed by atoms with Gasteiger partial charge in [0.25, 0.3) is 0 Å². The summed E-state index contributed by atoms with van der Waals surface area (Å²) in [5, 5.41) is 9.38. The van der Waals surface area contributed by atoms with Crippen molar-refractivity contribution in [1.29, 1.82) is 0 Å². The molecule has 2 rings (SSSR count). The van der Waals surface area contributed by atoms with Crippen LogP contribution in [0.25, 0.3) is 5.57 Å². The van der Waals surface area contributed by atoms with Crippen molar-refractivity contribution in [3.63, 3.8) is 0 Å². The Morgan fingerprint density at radius 1 is 1.32 bits per heavy atom. The molecule has 0 bridgehead atoms. The van der Waals surface area contributed by atoms with Gasteiger partial charge in [-0.15, -0.1) is 0 Å². The highest BCUT2D eigenvalue weighted by Crippen LogP contribution is 2.38. The van der Waals surface area contributed by atoms with Crippen molar-refractivity contribution in [3.8, 4) is 5.75 Å². The zero-order valence-corrected chi connectivity index (χ0v) is 11.7. The lowest BCUT2D eigenvalue weighted by Crippen LogP contribution is -2.06. The number of nitrogens with zero attached hydrogens (tertiary/aromatic N) is 2. The predicted molar refractivity (Wildman–Crippen MR) is 79.3 cm³/mol. The van der Waals surface area contributed by atoms with Crippen LogP contribution >= 0.6 is 0 Å². The highest BCUT2D eigenvalue weighted by Gasteiger charge is 2.34. The SMILES string of the molecule is C=C(c1ccc(O)c(C(F)(F)F)c1)c1cnccc1/N=C\C. The Morgan fingerprint density at radius 2 is 2.05 bits per heavy atom. The molecule has 0 fully saturated rings. The maximum atomic E-state index is 12.9. The van der Waals surface area contributed by atoms with Crippen LogP contribution in [0.5, 0.6) is 5.75 Å². The molecule has 1 aromatic carbocycles. The van der Waals surface area contributed by atoms with Crippen molar-refractivity contribution in [2.75, 3.05) is 0 Å². The summed E-state index contributed by atoms with van der Waals surface area (Å²) in [6.07, 6.45) is -0.0361. The number of pyridine rings is 1. The zero-order chi connectivity index (χ0) is 16.3. The lowest BCUT2D eigenvalue weighted by Gasteiger charge is -2.13. The number of alkyl halides is 3. The molecule has 6 heteroatoms. The van der Waals surface area contributed by atoms with Gasteiger partial charge in [-0.2, -0.15) is 13.2 Å². The lowest BCUT2D eigenvalue weighted by molar-refractivity contribution is -0.138. The molecule has 0 unspecified atom stereocenters. The summed E-state index contributed by atoms with van der Waals surface area (Å²) >= 11 is 0. The number of halogens is 3. The van der Waals surface area contributed by atoms with Crippen molar-refractivity contribution >= 4 is 17.5 Å². The van der Waals surface area contributed by atoms with E-state index < -0.39 is 17.5 Å². The van der Waals surface area contributed by atoms with Crippen molar-refractivity contribution < 1.29 is 18.3 Å². The van der Waals surface area contributed by atoms with Crippen LogP contribution in [0.4, 0.5) is 18.9 Å². The summed E-state index contributed by atoms with van der Waals surface area (Å²) in [6.45, 7) is 5.56. The molecule has 114 valence electrons. The van der Waals surface area contributed by atoms with E-state index in [2.05, 4.69) is 16.6 Å². The van der Waals surface area contributed by atoms with Gasteiger partial charge < -0.3 is 5.11 Å². The molecule has 0 saturated carbocycles. The first-order valence-electron chi connectivity index (χ1n) is 6.37. The number of hydrogen-bond donors (Lipinski definition) is 1. The second kappa shape index (κ2) is 6.01. The third-order valence-electron chi connectivity index (χ3n) is 3.04. The normalized spacial score (nSPS) is 11.8. The second-order valence-corrected chi connectivity index (χ2v) is 4.49. The number of benzene rings is 1. The molecule has 0 saturated heterocycles. The molecule has 22 heavy (non-hydrogen) atoms. The molecular weight excluding hydrogens is 293 g/mol. The second-order valence-electron chi connectivity index (χ2n) is 4.49. The first kappa shape index (κ1) is 15.8. The summed E-state index contributed by atoms with van der Waals surface area (Å²) in [5.41, 5.74) is 0.573. The summed E-state index contributed by atoms with van der Waals surface area (Å²) in [4.78, 5) is 8.10. The first-order chi connectivity index (χ1) is 10.3. The summed E-state index contributed by atoms with van der Waals surface area (Å²) < 4.78 is 38.6. The predicted octanol–water partition coefficient (Wildman–Crippen LogP) is 4.59. The highest BCUT2D eigenvalue weighted by atomic mass is 19.4. The van der Waals surface area contributed by atoms with Crippen LogP contribution in [-0.2, 0) is 6.18 Å². The topological polar surface area (TPSA) is 45.5 Å². The molecule has 0 aliphatic carbocycles. The molecule has 0 aliphatic rings. The molecule has 1 heterocycles. The molecule has 1 aromatic heterocycles. The quantitative estimate of drug-likeness (QED) is 0.843. The van der Waals surface area contributed by atoms with Crippen LogP contribution in [0.15, 0.2) is 48.2 Å². The average molecular weight is 306 g/mol. The summed E-state index contributed by atoms with van der Waals surface area (Å²) in [7, 11) is 0. The fourth-order valence-corrected chi connectivity index (χ4v) is 1.98. The fourth-order valence-electron chi connectivity index (χ4n) is 1.98. The van der Waals surface area contributed by atoms with Crippen molar-refractivity contribution in [3.05, 3.63) is 59.9 Å². The lowest BCUT2D eigenvalue weighted by atomic mass is 9.97. The first-order valence-corrected chi connectivity index (χ1v) is 6.37. The minimum Gasteiger partial charge on any atom is -0.507 e. The van der Waals surface area contributed by atoms with Gasteiger partial charge in [0.2, 0.25) is 0 Å². The number of aliphatic imine (C=N–C) groups is 1. The van der Waals surface area contributed by atoms with Crippen molar-refractivity contribution in [2.24, 2.45) is 4.99 Å². The van der Waals surface area contributed by atoms with E-state index >= 15 is 0 Å². The van der Waals surface area contributed by atoms with Crippen LogP contribution in [0.3, 0.4) is 0 Å². The van der Waals surface area contributed by atoms with Gasteiger partial charge in [0, 0.05) is 24.2 Å². The van der Waals surface area contributed by atoms with Gasteiger partial charge in [-0.1, -0.05) is 12.6 Å². The Balaban J connectivity index is 2.52. The van der Waals surface area contributed by atoms with Crippen LogP contribution in [0.1, 0.15) is 23.6 Å². The van der Waals surface area contributed by atoms with Crippen molar-refractivity contribution in [2.45, 2.75) is 13.1 Å². The Morgan fingerprint density at radius 3 is 2.68 bits per heavy atom.